The Labute approximate surface area is 304 Å². The zero-order valence-corrected chi connectivity index (χ0v) is 30.0. The first-order chi connectivity index (χ1) is 25.2. The number of halogens is 6. The molecule has 0 unspecified atom stereocenters. The second-order valence-corrected chi connectivity index (χ2v) is 12.8. The van der Waals surface area contributed by atoms with Gasteiger partial charge in [0.1, 0.15) is 45.9 Å². The van der Waals surface area contributed by atoms with E-state index in [2.05, 4.69) is 66.0 Å². The van der Waals surface area contributed by atoms with Gasteiger partial charge in [0, 0.05) is 11.1 Å². The van der Waals surface area contributed by atoms with Crippen molar-refractivity contribution in [1.29, 1.82) is 0 Å². The van der Waals surface area contributed by atoms with Gasteiger partial charge < -0.3 is 43.2 Å². The number of benzene rings is 3. The number of rotatable bonds is 4. The maximum atomic E-state index is 11.5. The van der Waals surface area contributed by atoms with Crippen molar-refractivity contribution in [3.05, 3.63) is 96.1 Å². The molecule has 0 fully saturated rings. The number of esters is 2. The summed E-state index contributed by atoms with van der Waals surface area (Å²) in [7, 11) is -10.7. The van der Waals surface area contributed by atoms with Crippen LogP contribution in [-0.2, 0) is 51.1 Å². The van der Waals surface area contributed by atoms with Crippen LogP contribution in [0.25, 0.3) is 0 Å². The van der Waals surface area contributed by atoms with Gasteiger partial charge in [-0.3, -0.25) is 9.59 Å². The number of nitrogens with two attached hydrogens (primary N) is 1. The summed E-state index contributed by atoms with van der Waals surface area (Å²) in [6, 6.07) is 28.5. The van der Waals surface area contributed by atoms with Crippen molar-refractivity contribution in [2.75, 3.05) is 79.3 Å². The molecule has 0 aromatic heterocycles. The third kappa shape index (κ3) is 29.2. The minimum absolute atomic E-state index is 0.0507. The summed E-state index contributed by atoms with van der Waals surface area (Å²) < 4.78 is 102. The quantitative estimate of drug-likeness (QED) is 0.139. The summed E-state index contributed by atoms with van der Waals surface area (Å²) >= 11 is 0. The Kier molecular flexibility index (Phi) is 20.1. The zero-order chi connectivity index (χ0) is 38.7. The Hall–Kier alpha value is -3.99. The van der Waals surface area contributed by atoms with Gasteiger partial charge >= 0.3 is 44.9 Å². The van der Waals surface area contributed by atoms with Crippen molar-refractivity contribution < 1.29 is 78.0 Å². The van der Waals surface area contributed by atoms with Crippen molar-refractivity contribution in [1.82, 2.24) is 0 Å². The molecule has 53 heavy (non-hydrogen) atoms. The number of carbonyl (C=O) groups excluding carboxylic acids is 2. The van der Waals surface area contributed by atoms with Gasteiger partial charge in [0.25, 0.3) is 0 Å². The van der Waals surface area contributed by atoms with Gasteiger partial charge in [-0.15, -0.1) is 0 Å². The molecule has 11 nitrogen and oxygen atoms in total. The van der Waals surface area contributed by atoms with E-state index in [1.807, 2.05) is 24.3 Å². The first-order valence-electron chi connectivity index (χ1n) is 16.6. The summed E-state index contributed by atoms with van der Waals surface area (Å²) in [5, 5.41) is 2.32. The van der Waals surface area contributed by atoms with E-state index in [9.17, 15) is 34.8 Å². The Morgan fingerprint density at radius 2 is 0.717 bits per heavy atom. The largest absolute Gasteiger partial charge is 0.487 e. The Morgan fingerprint density at radius 3 is 1.06 bits per heavy atom. The van der Waals surface area contributed by atoms with Crippen LogP contribution in [0, 0.1) is 0 Å². The molecule has 1 aliphatic rings. The Morgan fingerprint density at radius 1 is 0.434 bits per heavy atom. The molecular weight excluding hydrogens is 739 g/mol. The summed E-state index contributed by atoms with van der Waals surface area (Å²) in [5.74, 6) is -0.0613. The molecule has 3 aromatic rings. The summed E-state index contributed by atoms with van der Waals surface area (Å²) in [4.78, 5) is 23.1. The molecule has 1 aliphatic heterocycles. The molecule has 3 aromatic carbocycles. The molecule has 0 amide bonds. The molecule has 0 radical (unpaired) electrons. The minimum Gasteiger partial charge on any atom is -0.487 e. The van der Waals surface area contributed by atoms with Crippen LogP contribution < -0.4 is 14.8 Å². The fraction of sp³-hybridized carbons (Fsp3) is 0.429. The van der Waals surface area contributed by atoms with Crippen LogP contribution in [-0.4, -0.2) is 91.2 Å². The van der Waals surface area contributed by atoms with Crippen LogP contribution >= 0.6 is 7.81 Å². The molecule has 0 aliphatic carbocycles. The monoisotopic (exact) mass is 785 g/mol. The first kappa shape index (κ1) is 45.2. The van der Waals surface area contributed by atoms with Gasteiger partial charge in [-0.05, 0) is 12.1 Å². The van der Waals surface area contributed by atoms with Crippen molar-refractivity contribution in [3.8, 4) is 11.5 Å². The van der Waals surface area contributed by atoms with Gasteiger partial charge in [-0.2, -0.15) is 0 Å². The molecule has 0 spiro atoms. The smallest absolute Gasteiger partial charge is 0.317 e. The van der Waals surface area contributed by atoms with E-state index in [-0.39, 0.29) is 26.4 Å². The van der Waals surface area contributed by atoms with E-state index >= 15 is 0 Å². The minimum atomic E-state index is -10.7. The van der Waals surface area contributed by atoms with Gasteiger partial charge in [0.2, 0.25) is 0 Å². The average Bonchev–Trinajstić information content (AvgIpc) is 3.10. The molecular formula is C35H46F6NO10P. The van der Waals surface area contributed by atoms with Crippen LogP contribution in [0.2, 0.25) is 0 Å². The molecule has 0 atom stereocenters. The maximum absolute atomic E-state index is 11.5. The number of quaternary nitrogens is 1. The molecule has 18 heteroatoms. The Balaban J connectivity index is 0.000000361. The van der Waals surface area contributed by atoms with Crippen molar-refractivity contribution in [2.45, 2.75) is 19.5 Å². The second kappa shape index (κ2) is 23.6. The number of cyclic esters (lactones) is 2. The standard InChI is InChI=1S/C21H30O10.C14H15N.F6P/c22-20-17-21(23)31-16-12-27-8-6-25-10-14-29-19-4-2-1-3-18(19)28-13-9-24-5-7-26-11-15-30-20;1-3-7-13(8-4-1)11-15-12-14-9-5-2-6-10-14;1-7(2,3,4,5)6/h1-4H,5-17H2;1-10,15H,11-12H2;/q;;-1/p+1. The number of hydrogen-bond donors (Lipinski definition) is 1. The molecule has 2 N–H and O–H groups in total. The van der Waals surface area contributed by atoms with Crippen LogP contribution in [0.3, 0.4) is 0 Å². The van der Waals surface area contributed by atoms with Crippen molar-refractivity contribution >= 4 is 19.7 Å². The zero-order valence-electron chi connectivity index (χ0n) is 29.1. The molecule has 1 heterocycles. The van der Waals surface area contributed by atoms with Crippen LogP contribution in [0.15, 0.2) is 84.9 Å². The van der Waals surface area contributed by atoms with E-state index in [0.717, 1.165) is 13.1 Å². The van der Waals surface area contributed by atoms with Crippen LogP contribution in [0.5, 0.6) is 11.5 Å². The van der Waals surface area contributed by atoms with Crippen molar-refractivity contribution in [3.63, 3.8) is 0 Å². The van der Waals surface area contributed by atoms with E-state index < -0.39 is 26.2 Å². The molecule has 0 saturated carbocycles. The van der Waals surface area contributed by atoms with E-state index in [0.29, 0.717) is 64.4 Å². The summed E-state index contributed by atoms with van der Waals surface area (Å²) in [6.45, 7) is 5.57. The normalized spacial score (nSPS) is 17.5. The van der Waals surface area contributed by atoms with E-state index in [1.54, 1.807) is 0 Å². The number of carbonyl (C=O) groups is 2. The molecule has 298 valence electrons. The van der Waals surface area contributed by atoms with Crippen molar-refractivity contribution in [2.24, 2.45) is 0 Å². The summed E-state index contributed by atoms with van der Waals surface area (Å²) in [5.41, 5.74) is 2.77. The third-order valence-corrected chi connectivity index (χ3v) is 6.28. The summed E-state index contributed by atoms with van der Waals surface area (Å²) in [6.07, 6.45) is -0.450. The first-order valence-corrected chi connectivity index (χ1v) is 18.6. The molecule has 0 bridgehead atoms. The average molecular weight is 786 g/mol. The van der Waals surface area contributed by atoms with Gasteiger partial charge in [0.15, 0.2) is 11.5 Å². The fourth-order valence-electron chi connectivity index (χ4n) is 4.04. The predicted octanol–water partition coefficient (Wildman–Crippen LogP) is 6.33. The fourth-order valence-corrected chi connectivity index (χ4v) is 4.04. The van der Waals surface area contributed by atoms with Crippen LogP contribution in [0.4, 0.5) is 25.2 Å². The third-order valence-electron chi connectivity index (χ3n) is 6.28. The number of para-hydroxylation sites is 2. The van der Waals surface area contributed by atoms with E-state index in [1.165, 1.54) is 11.1 Å². The Bertz CT molecular complexity index is 1340. The number of ether oxygens (including phenoxy) is 8. The molecule has 0 saturated heterocycles. The maximum Gasteiger partial charge on any atom is 0.317 e. The second-order valence-electron chi connectivity index (χ2n) is 10.8. The molecule has 4 rings (SSSR count). The predicted molar refractivity (Wildman–Crippen MR) is 183 cm³/mol. The van der Waals surface area contributed by atoms with Gasteiger partial charge in [-0.1, -0.05) is 72.8 Å². The van der Waals surface area contributed by atoms with E-state index in [4.69, 9.17) is 37.9 Å². The van der Waals surface area contributed by atoms with Crippen LogP contribution in [0.1, 0.15) is 17.5 Å². The number of hydrogen-bond acceptors (Lipinski definition) is 10. The topological polar surface area (TPSA) is 125 Å². The van der Waals surface area contributed by atoms with Gasteiger partial charge in [-0.25, -0.2) is 0 Å². The SMILES string of the molecule is F[P-](F)(F)(F)(F)F.O=C1CC(=O)OCCOCCOCCOc2ccccc2OCCOCCOCCO1.c1ccc(C[NH2+]Cc2ccccc2)cc1. The number of fused-ring (bicyclic) bond motifs is 1. The van der Waals surface area contributed by atoms with Gasteiger partial charge in [0.05, 0.1) is 52.9 Å².